The molecule has 1 aromatic carbocycles. The number of H-pyrrole nitrogens is 1. The monoisotopic (exact) mass is 257 g/mol. The lowest BCUT2D eigenvalue weighted by Gasteiger charge is -2.27. The second kappa shape index (κ2) is 5.05. The molecule has 0 aliphatic carbocycles. The van der Waals surface area contributed by atoms with Crippen LogP contribution in [0, 0.1) is 0 Å². The number of nitrogens with one attached hydrogen (secondary N) is 2. The van der Waals surface area contributed by atoms with Gasteiger partial charge in [-0.15, -0.1) is 0 Å². The number of carbonyl (C=O) groups excluding carboxylic acids is 1. The summed E-state index contributed by atoms with van der Waals surface area (Å²) in [6, 6.07) is 8.21. The molecule has 2 N–H and O–H groups in total. The summed E-state index contributed by atoms with van der Waals surface area (Å²) in [5.74, 6) is 0.132. The molecule has 4 nitrogen and oxygen atoms in total. The number of carbonyl (C=O) groups is 1. The molecule has 1 amide bonds. The van der Waals surface area contributed by atoms with Gasteiger partial charge in [-0.1, -0.05) is 6.07 Å². The minimum atomic E-state index is 0.132. The fourth-order valence-corrected chi connectivity index (χ4v) is 2.82. The highest BCUT2D eigenvalue weighted by Gasteiger charge is 2.26. The van der Waals surface area contributed by atoms with Crippen LogP contribution in [0.2, 0.25) is 0 Å². The first kappa shape index (κ1) is 12.2. The second-order valence-electron chi connectivity index (χ2n) is 5.02. The topological polar surface area (TPSA) is 48.1 Å². The SMILES string of the molecule is CCN(C(=O)c1ccc2cc[nH]c2c1)C1CCNC1. The summed E-state index contributed by atoms with van der Waals surface area (Å²) in [4.78, 5) is 17.7. The quantitative estimate of drug-likeness (QED) is 0.883. The van der Waals surface area contributed by atoms with Gasteiger partial charge in [-0.3, -0.25) is 4.79 Å². The summed E-state index contributed by atoms with van der Waals surface area (Å²) in [5, 5.41) is 4.46. The molecule has 1 aliphatic heterocycles. The van der Waals surface area contributed by atoms with Crippen LogP contribution in [0.15, 0.2) is 30.5 Å². The highest BCUT2D eigenvalue weighted by atomic mass is 16.2. The first-order valence-corrected chi connectivity index (χ1v) is 6.88. The number of nitrogens with zero attached hydrogens (tertiary/aromatic N) is 1. The largest absolute Gasteiger partial charge is 0.361 e. The molecule has 2 aromatic rings. The van der Waals surface area contributed by atoms with Crippen LogP contribution in [-0.2, 0) is 0 Å². The van der Waals surface area contributed by atoms with Gasteiger partial charge in [0.1, 0.15) is 0 Å². The summed E-state index contributed by atoms with van der Waals surface area (Å²) in [5.41, 5.74) is 1.79. The van der Waals surface area contributed by atoms with Gasteiger partial charge in [0, 0.05) is 36.4 Å². The number of hydrogen-bond acceptors (Lipinski definition) is 2. The van der Waals surface area contributed by atoms with Crippen LogP contribution in [0.3, 0.4) is 0 Å². The fourth-order valence-electron chi connectivity index (χ4n) is 2.82. The minimum Gasteiger partial charge on any atom is -0.361 e. The zero-order valence-corrected chi connectivity index (χ0v) is 11.1. The summed E-state index contributed by atoms with van der Waals surface area (Å²) < 4.78 is 0. The van der Waals surface area contributed by atoms with E-state index in [0.717, 1.165) is 42.5 Å². The maximum absolute atomic E-state index is 12.6. The van der Waals surface area contributed by atoms with Crippen LogP contribution in [-0.4, -0.2) is 41.5 Å². The molecular formula is C15H19N3O. The normalized spacial score (nSPS) is 18.9. The number of likely N-dealkylation sites (N-methyl/N-ethyl adjacent to an activating group) is 1. The Labute approximate surface area is 112 Å². The van der Waals surface area contributed by atoms with Crippen molar-refractivity contribution in [2.45, 2.75) is 19.4 Å². The van der Waals surface area contributed by atoms with E-state index in [1.54, 1.807) is 0 Å². The maximum Gasteiger partial charge on any atom is 0.254 e. The molecule has 3 rings (SSSR count). The van der Waals surface area contributed by atoms with Crippen molar-refractivity contribution in [3.8, 4) is 0 Å². The zero-order valence-electron chi connectivity index (χ0n) is 11.1. The Bertz CT molecular complexity index is 584. The number of fused-ring (bicyclic) bond motifs is 1. The Morgan fingerprint density at radius 1 is 1.42 bits per heavy atom. The Morgan fingerprint density at radius 2 is 2.32 bits per heavy atom. The van der Waals surface area contributed by atoms with E-state index in [4.69, 9.17) is 0 Å². The van der Waals surface area contributed by atoms with Gasteiger partial charge in [-0.05, 0) is 43.5 Å². The molecule has 0 bridgehead atoms. The fraction of sp³-hybridized carbons (Fsp3) is 0.400. The predicted molar refractivity (Wildman–Crippen MR) is 76.3 cm³/mol. The maximum atomic E-state index is 12.6. The number of rotatable bonds is 3. The van der Waals surface area contributed by atoms with E-state index in [0.29, 0.717) is 6.04 Å². The van der Waals surface area contributed by atoms with Gasteiger partial charge in [0.05, 0.1) is 0 Å². The molecule has 2 heterocycles. The van der Waals surface area contributed by atoms with Gasteiger partial charge in [-0.25, -0.2) is 0 Å². The van der Waals surface area contributed by atoms with E-state index >= 15 is 0 Å². The van der Waals surface area contributed by atoms with Crippen molar-refractivity contribution in [3.63, 3.8) is 0 Å². The van der Waals surface area contributed by atoms with Crippen molar-refractivity contribution in [3.05, 3.63) is 36.0 Å². The van der Waals surface area contributed by atoms with E-state index in [1.807, 2.05) is 42.3 Å². The lowest BCUT2D eigenvalue weighted by Crippen LogP contribution is -2.41. The van der Waals surface area contributed by atoms with Gasteiger partial charge in [0.15, 0.2) is 0 Å². The van der Waals surface area contributed by atoms with Gasteiger partial charge in [0.2, 0.25) is 0 Å². The Hall–Kier alpha value is -1.81. The van der Waals surface area contributed by atoms with Gasteiger partial charge >= 0.3 is 0 Å². The predicted octanol–water partition coefficient (Wildman–Crippen LogP) is 1.99. The minimum absolute atomic E-state index is 0.132. The highest BCUT2D eigenvalue weighted by molar-refractivity contribution is 5.98. The van der Waals surface area contributed by atoms with Crippen molar-refractivity contribution in [2.24, 2.45) is 0 Å². The van der Waals surface area contributed by atoms with Crippen molar-refractivity contribution in [2.75, 3.05) is 19.6 Å². The van der Waals surface area contributed by atoms with Gasteiger partial charge in [-0.2, -0.15) is 0 Å². The van der Waals surface area contributed by atoms with E-state index in [1.165, 1.54) is 0 Å². The van der Waals surface area contributed by atoms with E-state index in [-0.39, 0.29) is 5.91 Å². The molecule has 4 heteroatoms. The smallest absolute Gasteiger partial charge is 0.254 e. The number of hydrogen-bond donors (Lipinski definition) is 2. The first-order chi connectivity index (χ1) is 9.29. The van der Waals surface area contributed by atoms with Gasteiger partial charge in [0.25, 0.3) is 5.91 Å². The van der Waals surface area contributed by atoms with Crippen LogP contribution in [0.5, 0.6) is 0 Å². The Morgan fingerprint density at radius 3 is 3.05 bits per heavy atom. The third-order valence-electron chi connectivity index (χ3n) is 3.88. The average Bonchev–Trinajstić information content (AvgIpc) is 3.09. The molecule has 1 saturated heterocycles. The molecular weight excluding hydrogens is 238 g/mol. The van der Waals surface area contributed by atoms with Crippen LogP contribution >= 0.6 is 0 Å². The van der Waals surface area contributed by atoms with Crippen LogP contribution in [0.4, 0.5) is 0 Å². The van der Waals surface area contributed by atoms with E-state index in [2.05, 4.69) is 10.3 Å². The third-order valence-corrected chi connectivity index (χ3v) is 3.88. The average molecular weight is 257 g/mol. The molecule has 0 radical (unpaired) electrons. The summed E-state index contributed by atoms with van der Waals surface area (Å²) in [6.07, 6.45) is 2.95. The molecule has 0 spiro atoms. The summed E-state index contributed by atoms with van der Waals surface area (Å²) in [6.45, 7) is 4.71. The number of aromatic amines is 1. The number of amides is 1. The molecule has 1 fully saturated rings. The standard InChI is InChI=1S/C15H19N3O/c1-2-18(13-6-7-16-10-13)15(19)12-4-3-11-5-8-17-14(11)9-12/h3-5,8-9,13,16-17H,2,6-7,10H2,1H3. The van der Waals surface area contributed by atoms with Gasteiger partial charge < -0.3 is 15.2 Å². The summed E-state index contributed by atoms with van der Waals surface area (Å²) in [7, 11) is 0. The lowest BCUT2D eigenvalue weighted by molar-refractivity contribution is 0.0704. The highest BCUT2D eigenvalue weighted by Crippen LogP contribution is 2.18. The molecule has 0 saturated carbocycles. The van der Waals surface area contributed by atoms with Crippen LogP contribution in [0.1, 0.15) is 23.7 Å². The third kappa shape index (κ3) is 2.24. The molecule has 19 heavy (non-hydrogen) atoms. The van der Waals surface area contributed by atoms with Crippen LogP contribution < -0.4 is 5.32 Å². The Balaban J connectivity index is 1.88. The molecule has 1 unspecified atom stereocenters. The second-order valence-corrected chi connectivity index (χ2v) is 5.02. The first-order valence-electron chi connectivity index (χ1n) is 6.88. The van der Waals surface area contributed by atoms with E-state index < -0.39 is 0 Å². The van der Waals surface area contributed by atoms with Crippen molar-refractivity contribution in [1.29, 1.82) is 0 Å². The summed E-state index contributed by atoms with van der Waals surface area (Å²) >= 11 is 0. The van der Waals surface area contributed by atoms with E-state index in [9.17, 15) is 4.79 Å². The molecule has 1 atom stereocenters. The van der Waals surface area contributed by atoms with Crippen molar-refractivity contribution in [1.82, 2.24) is 15.2 Å². The lowest BCUT2D eigenvalue weighted by atomic mass is 10.1. The zero-order chi connectivity index (χ0) is 13.2. The molecule has 100 valence electrons. The Kier molecular flexibility index (Phi) is 3.25. The van der Waals surface area contributed by atoms with Crippen molar-refractivity contribution < 1.29 is 4.79 Å². The van der Waals surface area contributed by atoms with Crippen LogP contribution in [0.25, 0.3) is 10.9 Å². The van der Waals surface area contributed by atoms with Crippen molar-refractivity contribution >= 4 is 16.8 Å². The molecule has 1 aliphatic rings. The number of aromatic nitrogens is 1. The number of benzene rings is 1. The molecule has 1 aromatic heterocycles.